The van der Waals surface area contributed by atoms with E-state index in [2.05, 4.69) is 0 Å². The van der Waals surface area contributed by atoms with Crippen molar-refractivity contribution >= 4 is 23.2 Å². The molecule has 0 radical (unpaired) electrons. The molecule has 2 aromatic rings. The molecule has 0 saturated heterocycles. The van der Waals surface area contributed by atoms with Gasteiger partial charge >= 0.3 is 0 Å². The minimum atomic E-state index is -0.767. The molecule has 0 bridgehead atoms. The number of hydrogen-bond donors (Lipinski definition) is 2. The number of benzene rings is 2. The number of halogens is 2. The lowest BCUT2D eigenvalue weighted by molar-refractivity contribution is -0.125. The second kappa shape index (κ2) is 5.11. The maximum atomic E-state index is 13.9. The Morgan fingerprint density at radius 1 is 1.29 bits per heavy atom. The average molecular weight is 307 g/mol. The Hall–Kier alpha value is -1.95. The van der Waals surface area contributed by atoms with E-state index in [-0.39, 0.29) is 0 Å². The van der Waals surface area contributed by atoms with E-state index in [0.29, 0.717) is 33.3 Å². The first-order valence-electron chi connectivity index (χ1n) is 6.34. The summed E-state index contributed by atoms with van der Waals surface area (Å²) < 4.78 is 13.9. The van der Waals surface area contributed by atoms with Crippen LogP contribution in [0.1, 0.15) is 5.56 Å². The lowest BCUT2D eigenvalue weighted by atomic mass is 9.95. The number of anilines is 1. The van der Waals surface area contributed by atoms with Gasteiger partial charge in [-0.3, -0.25) is 10.0 Å². The van der Waals surface area contributed by atoms with E-state index in [9.17, 15) is 14.4 Å². The van der Waals surface area contributed by atoms with Crippen LogP contribution in [-0.2, 0) is 11.2 Å². The summed E-state index contributed by atoms with van der Waals surface area (Å²) >= 11 is 5.88. The fraction of sp³-hybridized carbons (Fsp3) is 0.133. The molecule has 0 spiro atoms. The van der Waals surface area contributed by atoms with Gasteiger partial charge in [-0.2, -0.15) is 5.06 Å². The van der Waals surface area contributed by atoms with E-state index < -0.39 is 17.8 Å². The maximum absolute atomic E-state index is 13.9. The second-order valence-corrected chi connectivity index (χ2v) is 5.36. The molecule has 1 unspecified atom stereocenters. The average Bonchev–Trinajstić information content (AvgIpc) is 2.47. The van der Waals surface area contributed by atoms with Crippen LogP contribution in [0.4, 0.5) is 10.1 Å². The summed E-state index contributed by atoms with van der Waals surface area (Å²) in [4.78, 5) is 11.7. The molecule has 2 aromatic carbocycles. The van der Waals surface area contributed by atoms with Crippen LogP contribution >= 0.6 is 11.6 Å². The lowest BCUT2D eigenvalue weighted by Gasteiger charge is -2.28. The third-order valence-electron chi connectivity index (χ3n) is 3.52. The molecule has 3 N–H and O–H groups in total. The molecule has 1 aliphatic heterocycles. The third kappa shape index (κ3) is 2.40. The summed E-state index contributed by atoms with van der Waals surface area (Å²) in [5.74, 6) is -1.01. The predicted octanol–water partition coefficient (Wildman–Crippen LogP) is 2.75. The van der Waals surface area contributed by atoms with Crippen LogP contribution in [0, 0.1) is 5.82 Å². The van der Waals surface area contributed by atoms with Crippen LogP contribution in [0.15, 0.2) is 36.4 Å². The molecule has 21 heavy (non-hydrogen) atoms. The van der Waals surface area contributed by atoms with Gasteiger partial charge in [0.2, 0.25) is 0 Å². The monoisotopic (exact) mass is 306 g/mol. The number of amides is 1. The van der Waals surface area contributed by atoms with E-state index in [1.54, 1.807) is 18.2 Å². The standard InChI is InChI=1S/C15H12ClFN2O2/c16-10-3-4-12(17)11(7-10)8-1-2-9-5-13(18)15(20)19(21)14(9)6-8/h1-4,6-7,13,21H,5,18H2. The lowest BCUT2D eigenvalue weighted by Crippen LogP contribution is -2.47. The Balaban J connectivity index is 2.12. The Labute approximate surface area is 125 Å². The molecule has 4 nitrogen and oxygen atoms in total. The number of nitrogens with zero attached hydrogens (tertiary/aromatic N) is 1. The van der Waals surface area contributed by atoms with Crippen LogP contribution in [0.25, 0.3) is 11.1 Å². The number of rotatable bonds is 1. The SMILES string of the molecule is NC1Cc2ccc(-c3cc(Cl)ccc3F)cc2N(O)C1=O. The highest BCUT2D eigenvalue weighted by Crippen LogP contribution is 2.33. The first-order chi connectivity index (χ1) is 9.97. The quantitative estimate of drug-likeness (QED) is 0.796. The molecule has 1 atom stereocenters. The molecule has 1 heterocycles. The van der Waals surface area contributed by atoms with E-state index >= 15 is 0 Å². The summed E-state index contributed by atoms with van der Waals surface area (Å²) in [7, 11) is 0. The third-order valence-corrected chi connectivity index (χ3v) is 3.75. The van der Waals surface area contributed by atoms with Gasteiger partial charge in [0, 0.05) is 10.6 Å². The van der Waals surface area contributed by atoms with Crippen LogP contribution in [0.3, 0.4) is 0 Å². The molecule has 0 aromatic heterocycles. The maximum Gasteiger partial charge on any atom is 0.267 e. The molecule has 108 valence electrons. The number of carbonyl (C=O) groups excluding carboxylic acids is 1. The smallest absolute Gasteiger partial charge is 0.267 e. The Morgan fingerprint density at radius 3 is 2.81 bits per heavy atom. The number of nitrogens with two attached hydrogens (primary N) is 1. The summed E-state index contributed by atoms with van der Waals surface area (Å²) in [6.45, 7) is 0. The highest BCUT2D eigenvalue weighted by molar-refractivity contribution is 6.30. The van der Waals surface area contributed by atoms with Crippen molar-refractivity contribution in [1.82, 2.24) is 0 Å². The largest absolute Gasteiger partial charge is 0.320 e. The molecule has 0 fully saturated rings. The van der Waals surface area contributed by atoms with Gasteiger partial charge in [0.05, 0.1) is 11.7 Å². The number of carbonyl (C=O) groups is 1. The van der Waals surface area contributed by atoms with Gasteiger partial charge in [0.1, 0.15) is 5.82 Å². The molecular formula is C15H12ClFN2O2. The molecule has 0 saturated carbocycles. The molecular weight excluding hydrogens is 295 g/mol. The Kier molecular flexibility index (Phi) is 3.41. The molecule has 6 heteroatoms. The summed E-state index contributed by atoms with van der Waals surface area (Å²) in [6.07, 6.45) is 0.337. The number of hydrogen-bond acceptors (Lipinski definition) is 3. The predicted molar refractivity (Wildman–Crippen MR) is 77.8 cm³/mol. The van der Waals surface area contributed by atoms with Crippen LogP contribution in [0.5, 0.6) is 0 Å². The van der Waals surface area contributed by atoms with E-state index in [1.165, 1.54) is 18.2 Å². The minimum Gasteiger partial charge on any atom is -0.320 e. The van der Waals surface area contributed by atoms with E-state index in [0.717, 1.165) is 5.56 Å². The fourth-order valence-electron chi connectivity index (χ4n) is 2.42. The van der Waals surface area contributed by atoms with Crippen molar-refractivity contribution in [1.29, 1.82) is 0 Å². The van der Waals surface area contributed by atoms with Crippen molar-refractivity contribution in [2.45, 2.75) is 12.5 Å². The highest BCUT2D eigenvalue weighted by atomic mass is 35.5. The summed E-state index contributed by atoms with van der Waals surface area (Å²) in [6, 6.07) is 8.44. The summed E-state index contributed by atoms with van der Waals surface area (Å²) in [5, 5.41) is 10.8. The molecule has 0 aliphatic carbocycles. The highest BCUT2D eigenvalue weighted by Gasteiger charge is 2.30. The van der Waals surface area contributed by atoms with Crippen molar-refractivity contribution in [3.05, 3.63) is 52.8 Å². The van der Waals surface area contributed by atoms with Crippen molar-refractivity contribution < 1.29 is 14.4 Å². The van der Waals surface area contributed by atoms with Crippen LogP contribution < -0.4 is 10.8 Å². The van der Waals surface area contributed by atoms with Crippen molar-refractivity contribution in [2.75, 3.05) is 5.06 Å². The van der Waals surface area contributed by atoms with Crippen molar-refractivity contribution in [2.24, 2.45) is 5.73 Å². The molecule has 1 aliphatic rings. The second-order valence-electron chi connectivity index (χ2n) is 4.93. The van der Waals surface area contributed by atoms with Gasteiger partial charge < -0.3 is 5.73 Å². The molecule has 1 amide bonds. The first kappa shape index (κ1) is 14.0. The zero-order chi connectivity index (χ0) is 15.1. The topological polar surface area (TPSA) is 66.6 Å². The Morgan fingerprint density at radius 2 is 2.05 bits per heavy atom. The van der Waals surface area contributed by atoms with Crippen LogP contribution in [0.2, 0.25) is 5.02 Å². The number of fused-ring (bicyclic) bond motifs is 1. The minimum absolute atomic E-state index is 0.307. The normalized spacial score (nSPS) is 17.8. The molecule has 3 rings (SSSR count). The van der Waals surface area contributed by atoms with E-state index in [1.807, 2.05) is 0 Å². The van der Waals surface area contributed by atoms with Crippen LogP contribution in [-0.4, -0.2) is 17.2 Å². The first-order valence-corrected chi connectivity index (χ1v) is 6.72. The van der Waals surface area contributed by atoms with Gasteiger partial charge in [-0.1, -0.05) is 23.7 Å². The van der Waals surface area contributed by atoms with Gasteiger partial charge in [0.25, 0.3) is 5.91 Å². The van der Waals surface area contributed by atoms with Gasteiger partial charge in [0.15, 0.2) is 0 Å². The van der Waals surface area contributed by atoms with E-state index in [4.69, 9.17) is 17.3 Å². The van der Waals surface area contributed by atoms with Crippen molar-refractivity contribution in [3.63, 3.8) is 0 Å². The zero-order valence-corrected chi connectivity index (χ0v) is 11.6. The fourth-order valence-corrected chi connectivity index (χ4v) is 2.59. The van der Waals surface area contributed by atoms with Crippen molar-refractivity contribution in [3.8, 4) is 11.1 Å². The summed E-state index contributed by atoms with van der Waals surface area (Å²) in [5.41, 5.74) is 7.53. The number of hydroxylamine groups is 1. The van der Waals surface area contributed by atoms with Gasteiger partial charge in [-0.25, -0.2) is 4.39 Å². The van der Waals surface area contributed by atoms with Gasteiger partial charge in [-0.15, -0.1) is 0 Å². The van der Waals surface area contributed by atoms with Gasteiger partial charge in [-0.05, 0) is 41.8 Å². The Bertz CT molecular complexity index is 736. The zero-order valence-electron chi connectivity index (χ0n) is 10.9.